The van der Waals surface area contributed by atoms with Crippen LogP contribution in [-0.2, 0) is 23.1 Å². The molecule has 0 saturated heterocycles. The van der Waals surface area contributed by atoms with E-state index in [0.29, 0.717) is 0 Å². The Morgan fingerprint density at radius 1 is 1.26 bits per heavy atom. The molecule has 0 amide bonds. The Hall–Kier alpha value is 0.230. The lowest BCUT2D eigenvalue weighted by Crippen LogP contribution is -2.31. The lowest BCUT2D eigenvalue weighted by molar-refractivity contribution is -0.143. The van der Waals surface area contributed by atoms with Gasteiger partial charge in [0.05, 0.1) is 0 Å². The molecule has 0 radical (unpaired) electrons. The average molecular weight is 354 g/mol. The summed E-state index contributed by atoms with van der Waals surface area (Å²) < 4.78 is 24.2. The SMILES string of the molecule is COP(=O)(CC(=O)OC(C=C(C)C)C(Cl)(Cl)Cl)OC. The van der Waals surface area contributed by atoms with Gasteiger partial charge in [0.2, 0.25) is 3.79 Å². The second-order valence-electron chi connectivity index (χ2n) is 3.83. The first kappa shape index (κ1) is 19.2. The third kappa shape index (κ3) is 7.54. The Kier molecular flexibility index (Phi) is 7.96. The first-order valence-electron chi connectivity index (χ1n) is 5.16. The van der Waals surface area contributed by atoms with E-state index in [4.69, 9.17) is 39.5 Å². The smallest absolute Gasteiger partial charge is 0.341 e. The monoisotopic (exact) mass is 352 g/mol. The molecule has 0 fully saturated rings. The van der Waals surface area contributed by atoms with Crippen molar-refractivity contribution in [2.24, 2.45) is 0 Å². The fourth-order valence-electron chi connectivity index (χ4n) is 1.04. The van der Waals surface area contributed by atoms with Gasteiger partial charge in [0.25, 0.3) is 0 Å². The lowest BCUT2D eigenvalue weighted by atomic mass is 10.2. The van der Waals surface area contributed by atoms with Gasteiger partial charge in [-0.15, -0.1) is 0 Å². The van der Waals surface area contributed by atoms with Crippen LogP contribution in [0.5, 0.6) is 0 Å². The highest BCUT2D eigenvalue weighted by molar-refractivity contribution is 7.54. The standard InChI is InChI=1S/C10H16Cl3O5P/c1-7(2)5-8(10(11,12)13)18-9(14)6-19(15,16-3)17-4/h5,8H,6H2,1-4H3. The molecule has 0 N–H and O–H groups in total. The molecule has 112 valence electrons. The number of carbonyl (C=O) groups is 1. The molecule has 0 heterocycles. The maximum absolute atomic E-state index is 11.8. The highest BCUT2D eigenvalue weighted by atomic mass is 35.6. The first-order chi connectivity index (χ1) is 8.54. The Morgan fingerprint density at radius 2 is 1.74 bits per heavy atom. The second kappa shape index (κ2) is 7.87. The molecule has 1 unspecified atom stereocenters. The molecule has 19 heavy (non-hydrogen) atoms. The zero-order chi connectivity index (χ0) is 15.3. The number of halogens is 3. The van der Waals surface area contributed by atoms with Crippen molar-refractivity contribution in [2.75, 3.05) is 20.4 Å². The van der Waals surface area contributed by atoms with Crippen molar-refractivity contribution < 1.29 is 23.1 Å². The third-order valence-corrected chi connectivity index (χ3v) is 4.35. The van der Waals surface area contributed by atoms with Gasteiger partial charge in [-0.1, -0.05) is 40.4 Å². The molecule has 0 aromatic carbocycles. The largest absolute Gasteiger partial charge is 0.453 e. The Bertz CT molecular complexity index is 379. The van der Waals surface area contributed by atoms with Crippen LogP contribution < -0.4 is 0 Å². The highest BCUT2D eigenvalue weighted by Crippen LogP contribution is 2.46. The summed E-state index contributed by atoms with van der Waals surface area (Å²) in [5, 5.41) is 0. The molecular weight excluding hydrogens is 337 g/mol. The number of rotatable bonds is 6. The van der Waals surface area contributed by atoms with Gasteiger partial charge in [0.1, 0.15) is 6.16 Å². The predicted molar refractivity (Wildman–Crippen MR) is 76.1 cm³/mol. The minimum absolute atomic E-state index is 0.562. The molecule has 0 aromatic heterocycles. The predicted octanol–water partition coefficient (Wildman–Crippen LogP) is 3.72. The molecule has 0 bridgehead atoms. The van der Waals surface area contributed by atoms with Gasteiger partial charge in [-0.25, -0.2) is 0 Å². The van der Waals surface area contributed by atoms with Crippen LogP contribution in [0.4, 0.5) is 0 Å². The fraction of sp³-hybridized carbons (Fsp3) is 0.700. The van der Waals surface area contributed by atoms with Crippen molar-refractivity contribution in [2.45, 2.75) is 23.7 Å². The van der Waals surface area contributed by atoms with E-state index in [1.807, 2.05) is 0 Å². The molecule has 0 saturated carbocycles. The topological polar surface area (TPSA) is 61.8 Å². The normalized spacial score (nSPS) is 13.8. The molecule has 0 aromatic rings. The average Bonchev–Trinajstić information content (AvgIpc) is 2.26. The maximum Gasteiger partial charge on any atom is 0.341 e. The van der Waals surface area contributed by atoms with Crippen LogP contribution in [0.3, 0.4) is 0 Å². The number of alkyl halides is 3. The number of hydrogen-bond donors (Lipinski definition) is 0. The summed E-state index contributed by atoms with van der Waals surface area (Å²) in [6.45, 7) is 3.51. The van der Waals surface area contributed by atoms with Gasteiger partial charge in [0, 0.05) is 14.2 Å². The third-order valence-electron chi connectivity index (χ3n) is 1.94. The van der Waals surface area contributed by atoms with Gasteiger partial charge in [0.15, 0.2) is 6.10 Å². The van der Waals surface area contributed by atoms with E-state index in [1.54, 1.807) is 13.8 Å². The number of allylic oxidation sites excluding steroid dienone is 1. The molecule has 9 heteroatoms. The van der Waals surface area contributed by atoms with Crippen LogP contribution in [0.1, 0.15) is 13.8 Å². The first-order valence-corrected chi connectivity index (χ1v) is 8.02. The minimum Gasteiger partial charge on any atom is -0.453 e. The summed E-state index contributed by atoms with van der Waals surface area (Å²) >= 11 is 17.1. The Labute approximate surface area is 127 Å². The summed E-state index contributed by atoms with van der Waals surface area (Å²) in [5.74, 6) is -0.846. The van der Waals surface area contributed by atoms with Crippen molar-refractivity contribution >= 4 is 48.4 Å². The van der Waals surface area contributed by atoms with Crippen molar-refractivity contribution in [3.05, 3.63) is 11.6 Å². The lowest BCUT2D eigenvalue weighted by Gasteiger charge is -2.23. The van der Waals surface area contributed by atoms with Gasteiger partial charge >= 0.3 is 13.6 Å². The second-order valence-corrected chi connectivity index (χ2v) is 8.47. The Morgan fingerprint density at radius 3 is 2.05 bits per heavy atom. The number of ether oxygens (including phenoxy) is 1. The van der Waals surface area contributed by atoms with Crippen LogP contribution >= 0.6 is 42.4 Å². The van der Waals surface area contributed by atoms with Crippen LogP contribution in [0, 0.1) is 0 Å². The summed E-state index contributed by atoms with van der Waals surface area (Å²) in [7, 11) is -1.17. The summed E-state index contributed by atoms with van der Waals surface area (Å²) in [6.07, 6.45) is -0.166. The number of carbonyl (C=O) groups excluding carboxylic acids is 1. The zero-order valence-electron chi connectivity index (χ0n) is 11.0. The minimum atomic E-state index is -3.50. The van der Waals surface area contributed by atoms with Crippen LogP contribution in [0.2, 0.25) is 0 Å². The molecule has 0 aliphatic heterocycles. The van der Waals surface area contributed by atoms with Gasteiger partial charge in [-0.05, 0) is 19.9 Å². The molecule has 0 spiro atoms. The van der Waals surface area contributed by atoms with Crippen molar-refractivity contribution in [1.29, 1.82) is 0 Å². The number of esters is 1. The van der Waals surface area contributed by atoms with Crippen molar-refractivity contribution in [3.63, 3.8) is 0 Å². The summed E-state index contributed by atoms with van der Waals surface area (Å²) in [4.78, 5) is 11.7. The zero-order valence-corrected chi connectivity index (χ0v) is 14.1. The van der Waals surface area contributed by atoms with E-state index in [9.17, 15) is 9.36 Å². The Balaban J connectivity index is 4.84. The highest BCUT2D eigenvalue weighted by Gasteiger charge is 2.36. The summed E-state index contributed by atoms with van der Waals surface area (Å²) in [5.41, 5.74) is 0.797. The van der Waals surface area contributed by atoms with Gasteiger partial charge in [-0.2, -0.15) is 0 Å². The number of hydrogen-bond acceptors (Lipinski definition) is 5. The van der Waals surface area contributed by atoms with E-state index >= 15 is 0 Å². The molecular formula is C10H16Cl3O5P. The van der Waals surface area contributed by atoms with Gasteiger partial charge in [-0.3, -0.25) is 9.36 Å². The van der Waals surface area contributed by atoms with E-state index in [2.05, 4.69) is 9.05 Å². The molecule has 0 aliphatic rings. The molecule has 5 nitrogen and oxygen atoms in total. The van der Waals surface area contributed by atoms with E-state index in [0.717, 1.165) is 5.57 Å². The van der Waals surface area contributed by atoms with Crippen molar-refractivity contribution in [1.82, 2.24) is 0 Å². The molecule has 0 aliphatic carbocycles. The molecule has 0 rings (SSSR count). The fourth-order valence-corrected chi connectivity index (χ4v) is 2.16. The van der Waals surface area contributed by atoms with Crippen LogP contribution in [0.25, 0.3) is 0 Å². The van der Waals surface area contributed by atoms with E-state index < -0.39 is 29.6 Å². The van der Waals surface area contributed by atoms with Crippen LogP contribution in [0.15, 0.2) is 11.6 Å². The van der Waals surface area contributed by atoms with Crippen LogP contribution in [-0.4, -0.2) is 36.2 Å². The van der Waals surface area contributed by atoms with Gasteiger partial charge < -0.3 is 13.8 Å². The van der Waals surface area contributed by atoms with Crippen molar-refractivity contribution in [3.8, 4) is 0 Å². The quantitative estimate of drug-likeness (QED) is 0.315. The van der Waals surface area contributed by atoms with E-state index in [-0.39, 0.29) is 0 Å². The molecule has 1 atom stereocenters. The maximum atomic E-state index is 11.8. The summed E-state index contributed by atoms with van der Waals surface area (Å²) in [6, 6.07) is 0. The van der Waals surface area contributed by atoms with E-state index in [1.165, 1.54) is 20.3 Å².